The largest absolute Gasteiger partial charge is 0.495 e. The van der Waals surface area contributed by atoms with Crippen molar-refractivity contribution in [3.05, 3.63) is 18.2 Å². The van der Waals surface area contributed by atoms with Crippen LogP contribution in [0.3, 0.4) is 0 Å². The third kappa shape index (κ3) is 5.24. The summed E-state index contributed by atoms with van der Waals surface area (Å²) in [5.41, 5.74) is 0.473. The lowest BCUT2D eigenvalue weighted by atomic mass is 9.86. The van der Waals surface area contributed by atoms with Gasteiger partial charge in [0.25, 0.3) is 0 Å². The van der Waals surface area contributed by atoms with Crippen LogP contribution in [0.2, 0.25) is 0 Å². The average Bonchev–Trinajstić information content (AvgIpc) is 2.73. The summed E-state index contributed by atoms with van der Waals surface area (Å²) >= 11 is 0. The molecule has 1 aliphatic heterocycles. The van der Waals surface area contributed by atoms with Crippen molar-refractivity contribution in [1.29, 1.82) is 0 Å². The molecule has 0 atom stereocenters. The van der Waals surface area contributed by atoms with E-state index in [1.807, 2.05) is 0 Å². The minimum absolute atomic E-state index is 0.0713. The summed E-state index contributed by atoms with van der Waals surface area (Å²) in [4.78, 5) is 12.4. The second kappa shape index (κ2) is 9.71. The van der Waals surface area contributed by atoms with Crippen molar-refractivity contribution in [3.63, 3.8) is 0 Å². The highest BCUT2D eigenvalue weighted by molar-refractivity contribution is 7.89. The fourth-order valence-corrected chi connectivity index (χ4v) is 5.51. The first kappa shape index (κ1) is 21.1. The first-order chi connectivity index (χ1) is 13.5. The number of nitrogens with one attached hydrogen (secondary N) is 1. The Morgan fingerprint density at radius 3 is 2.61 bits per heavy atom. The Bertz CT molecular complexity index is 769. The molecule has 0 aromatic heterocycles. The standard InChI is InChI=1S/C20H30N2O5S/c1-26-18-9-8-17(21-20(23)10-7-16-5-3-2-4-6-16)15-19(18)28(24,25)22-11-13-27-14-12-22/h8-9,15-16H,2-7,10-14H2,1H3,(H,21,23). The van der Waals surface area contributed by atoms with E-state index in [-0.39, 0.29) is 16.6 Å². The smallest absolute Gasteiger partial charge is 0.246 e. The van der Waals surface area contributed by atoms with Gasteiger partial charge < -0.3 is 14.8 Å². The fourth-order valence-electron chi connectivity index (χ4n) is 3.92. The van der Waals surface area contributed by atoms with Gasteiger partial charge in [0.2, 0.25) is 15.9 Å². The molecule has 7 nitrogen and oxygen atoms in total. The molecule has 0 spiro atoms. The van der Waals surface area contributed by atoms with Crippen molar-refractivity contribution >= 4 is 21.6 Å². The maximum absolute atomic E-state index is 13.0. The Balaban J connectivity index is 1.68. The molecule has 2 fully saturated rings. The molecule has 2 aliphatic rings. The average molecular weight is 411 g/mol. The van der Waals surface area contributed by atoms with Crippen LogP contribution >= 0.6 is 0 Å². The second-order valence-corrected chi connectivity index (χ2v) is 9.38. The number of carbonyl (C=O) groups excluding carboxylic acids is 1. The highest BCUT2D eigenvalue weighted by atomic mass is 32.2. The van der Waals surface area contributed by atoms with Gasteiger partial charge in [-0.1, -0.05) is 32.1 Å². The second-order valence-electron chi connectivity index (χ2n) is 7.47. The molecule has 28 heavy (non-hydrogen) atoms. The molecule has 1 aliphatic carbocycles. The SMILES string of the molecule is COc1ccc(NC(=O)CCC2CCCCC2)cc1S(=O)(=O)N1CCOCC1. The van der Waals surface area contributed by atoms with Crippen LogP contribution in [-0.2, 0) is 19.6 Å². The fraction of sp³-hybridized carbons (Fsp3) is 0.650. The number of anilines is 1. The number of ether oxygens (including phenoxy) is 2. The van der Waals surface area contributed by atoms with Gasteiger partial charge in [-0.25, -0.2) is 8.42 Å². The molecule has 1 saturated heterocycles. The molecule has 1 N–H and O–H groups in total. The summed E-state index contributed by atoms with van der Waals surface area (Å²) in [6, 6.07) is 4.75. The highest BCUT2D eigenvalue weighted by Gasteiger charge is 2.29. The van der Waals surface area contributed by atoms with Crippen LogP contribution in [0.1, 0.15) is 44.9 Å². The van der Waals surface area contributed by atoms with Gasteiger partial charge in [0.05, 0.1) is 20.3 Å². The summed E-state index contributed by atoms with van der Waals surface area (Å²) in [5, 5.41) is 2.85. The number of hydrogen-bond acceptors (Lipinski definition) is 5. The minimum atomic E-state index is -3.72. The van der Waals surface area contributed by atoms with E-state index in [0.29, 0.717) is 44.3 Å². The molecule has 1 aromatic carbocycles. The Morgan fingerprint density at radius 2 is 1.93 bits per heavy atom. The third-order valence-electron chi connectivity index (χ3n) is 5.54. The molecule has 1 aromatic rings. The van der Waals surface area contributed by atoms with Gasteiger partial charge >= 0.3 is 0 Å². The van der Waals surface area contributed by atoms with E-state index in [9.17, 15) is 13.2 Å². The van der Waals surface area contributed by atoms with Crippen LogP contribution in [0.15, 0.2) is 23.1 Å². The number of hydrogen-bond donors (Lipinski definition) is 1. The Hall–Kier alpha value is -1.64. The van der Waals surface area contributed by atoms with E-state index in [2.05, 4.69) is 5.32 Å². The van der Waals surface area contributed by atoms with Gasteiger partial charge in [-0.2, -0.15) is 4.31 Å². The number of carbonyl (C=O) groups is 1. The third-order valence-corrected chi connectivity index (χ3v) is 7.46. The lowest BCUT2D eigenvalue weighted by Gasteiger charge is -2.27. The molecule has 1 saturated carbocycles. The van der Waals surface area contributed by atoms with Crippen molar-refractivity contribution in [2.45, 2.75) is 49.8 Å². The van der Waals surface area contributed by atoms with E-state index in [1.54, 1.807) is 12.1 Å². The van der Waals surface area contributed by atoms with Crippen LogP contribution in [-0.4, -0.2) is 52.0 Å². The lowest BCUT2D eigenvalue weighted by molar-refractivity contribution is -0.116. The number of morpholine rings is 1. The number of methoxy groups -OCH3 is 1. The van der Waals surface area contributed by atoms with E-state index >= 15 is 0 Å². The van der Waals surface area contributed by atoms with Crippen LogP contribution in [0.5, 0.6) is 5.75 Å². The predicted molar refractivity (Wildman–Crippen MR) is 107 cm³/mol. The van der Waals surface area contributed by atoms with Crippen molar-refractivity contribution in [3.8, 4) is 5.75 Å². The van der Waals surface area contributed by atoms with E-state index in [1.165, 1.54) is 49.6 Å². The summed E-state index contributed by atoms with van der Waals surface area (Å²) in [7, 11) is -2.27. The zero-order valence-electron chi connectivity index (χ0n) is 16.5. The summed E-state index contributed by atoms with van der Waals surface area (Å²) < 4.78 is 37.9. The molecular weight excluding hydrogens is 380 g/mol. The van der Waals surface area contributed by atoms with Gasteiger partial charge in [-0.3, -0.25) is 4.79 Å². The van der Waals surface area contributed by atoms with Crippen LogP contribution in [0, 0.1) is 5.92 Å². The quantitative estimate of drug-likeness (QED) is 0.747. The van der Waals surface area contributed by atoms with Crippen LogP contribution in [0.4, 0.5) is 5.69 Å². The number of benzene rings is 1. The molecule has 156 valence electrons. The normalized spacial score (nSPS) is 19.3. The lowest BCUT2D eigenvalue weighted by Crippen LogP contribution is -2.40. The summed E-state index contributed by atoms with van der Waals surface area (Å²) in [6.07, 6.45) is 7.58. The number of nitrogens with zero attached hydrogens (tertiary/aromatic N) is 1. The Labute approximate surface area is 167 Å². The van der Waals surface area contributed by atoms with E-state index < -0.39 is 10.0 Å². The number of rotatable bonds is 7. The number of amides is 1. The minimum Gasteiger partial charge on any atom is -0.495 e. The first-order valence-corrected chi connectivity index (χ1v) is 11.5. The summed E-state index contributed by atoms with van der Waals surface area (Å²) in [6.45, 7) is 1.37. The molecule has 1 amide bonds. The van der Waals surface area contributed by atoms with Crippen molar-refractivity contribution in [2.24, 2.45) is 5.92 Å². The van der Waals surface area contributed by atoms with Gasteiger partial charge in [0.15, 0.2) is 0 Å². The van der Waals surface area contributed by atoms with Crippen molar-refractivity contribution < 1.29 is 22.7 Å². The zero-order chi connectivity index (χ0) is 20.0. The predicted octanol–water partition coefficient (Wildman–Crippen LogP) is 3.02. The molecule has 0 unspecified atom stereocenters. The van der Waals surface area contributed by atoms with E-state index in [0.717, 1.165) is 6.42 Å². The van der Waals surface area contributed by atoms with Crippen LogP contribution in [0.25, 0.3) is 0 Å². The maximum Gasteiger partial charge on any atom is 0.246 e. The molecular formula is C20H30N2O5S. The molecule has 3 rings (SSSR count). The maximum atomic E-state index is 13.0. The first-order valence-electron chi connectivity index (χ1n) is 10.1. The summed E-state index contributed by atoms with van der Waals surface area (Å²) in [5.74, 6) is 0.824. The zero-order valence-corrected chi connectivity index (χ0v) is 17.3. The Morgan fingerprint density at radius 1 is 1.21 bits per heavy atom. The van der Waals surface area contributed by atoms with E-state index in [4.69, 9.17) is 9.47 Å². The molecule has 1 heterocycles. The monoisotopic (exact) mass is 410 g/mol. The van der Waals surface area contributed by atoms with Crippen molar-refractivity contribution in [1.82, 2.24) is 4.31 Å². The topological polar surface area (TPSA) is 84.9 Å². The van der Waals surface area contributed by atoms with Gasteiger partial charge in [0, 0.05) is 25.2 Å². The molecule has 0 radical (unpaired) electrons. The van der Waals surface area contributed by atoms with Crippen LogP contribution < -0.4 is 10.1 Å². The highest BCUT2D eigenvalue weighted by Crippen LogP contribution is 2.31. The van der Waals surface area contributed by atoms with Gasteiger partial charge in [-0.05, 0) is 30.5 Å². The number of sulfonamides is 1. The molecule has 0 bridgehead atoms. The Kier molecular flexibility index (Phi) is 7.31. The van der Waals surface area contributed by atoms with Gasteiger partial charge in [-0.15, -0.1) is 0 Å². The van der Waals surface area contributed by atoms with Crippen molar-refractivity contribution in [2.75, 3.05) is 38.7 Å². The molecule has 8 heteroatoms. The van der Waals surface area contributed by atoms with Gasteiger partial charge in [0.1, 0.15) is 10.6 Å².